The molecule has 0 aliphatic carbocycles. The molecule has 12 nitrogen and oxygen atoms in total. The normalized spacial score (nSPS) is 20.2. The van der Waals surface area contributed by atoms with Gasteiger partial charge in [0.2, 0.25) is 20.0 Å². The molecule has 2 unspecified atom stereocenters. The summed E-state index contributed by atoms with van der Waals surface area (Å²) < 4.78 is 79.8. The molecule has 2 atom stereocenters. The van der Waals surface area contributed by atoms with Gasteiger partial charge in [0, 0.05) is 37.1 Å². The average Bonchev–Trinajstić information content (AvgIpc) is 3.37. The second kappa shape index (κ2) is 12.0. The fourth-order valence-corrected chi connectivity index (χ4v) is 7.59. The smallest absolute Gasteiger partial charge is 0.248 e. The molecule has 228 valence electrons. The van der Waals surface area contributed by atoms with E-state index in [-0.39, 0.29) is 53.0 Å². The Bertz CT molecular complexity index is 1660. The van der Waals surface area contributed by atoms with Crippen LogP contribution in [-0.4, -0.2) is 94.0 Å². The van der Waals surface area contributed by atoms with Crippen LogP contribution in [0.25, 0.3) is 10.9 Å². The van der Waals surface area contributed by atoms with Gasteiger partial charge in [-0.25, -0.2) is 25.9 Å². The lowest BCUT2D eigenvalue weighted by Crippen LogP contribution is -2.47. The molecule has 5 rings (SSSR count). The van der Waals surface area contributed by atoms with Gasteiger partial charge in [0.1, 0.15) is 40.4 Å². The van der Waals surface area contributed by atoms with Gasteiger partial charge in [-0.1, -0.05) is 12.1 Å². The molecule has 1 spiro atoms. The Kier molecular flexibility index (Phi) is 8.72. The molecule has 3 heterocycles. The third-order valence-corrected chi connectivity index (χ3v) is 11.0. The van der Waals surface area contributed by atoms with E-state index in [1.807, 2.05) is 0 Å². The van der Waals surface area contributed by atoms with Crippen LogP contribution in [0.5, 0.6) is 11.5 Å². The first kappa shape index (κ1) is 30.5. The van der Waals surface area contributed by atoms with Gasteiger partial charge < -0.3 is 25.0 Å². The molecule has 0 bridgehead atoms. The van der Waals surface area contributed by atoms with Crippen molar-refractivity contribution < 1.29 is 40.9 Å². The summed E-state index contributed by atoms with van der Waals surface area (Å²) >= 11 is 0. The highest BCUT2D eigenvalue weighted by molar-refractivity contribution is 7.89. The van der Waals surface area contributed by atoms with Crippen LogP contribution in [0.1, 0.15) is 19.3 Å². The van der Waals surface area contributed by atoms with Crippen molar-refractivity contribution in [1.82, 2.24) is 19.3 Å². The van der Waals surface area contributed by atoms with Crippen LogP contribution in [0.15, 0.2) is 58.5 Å². The van der Waals surface area contributed by atoms with Gasteiger partial charge in [-0.2, -0.15) is 4.31 Å². The number of benzene rings is 2. The first-order valence-corrected chi connectivity index (χ1v) is 16.3. The predicted molar refractivity (Wildman–Crippen MR) is 151 cm³/mol. The Labute approximate surface area is 243 Å². The van der Waals surface area contributed by atoms with Crippen molar-refractivity contribution in [2.45, 2.75) is 46.8 Å². The number of hydrogen-bond donors (Lipinski definition) is 4. The number of nitrogens with zero attached hydrogens (tertiary/aromatic N) is 2. The van der Waals surface area contributed by atoms with Crippen LogP contribution < -0.4 is 14.8 Å². The van der Waals surface area contributed by atoms with Crippen molar-refractivity contribution >= 4 is 30.9 Å². The highest BCUT2D eigenvalue weighted by Gasteiger charge is 2.45. The number of hydrogen-bond acceptors (Lipinski definition) is 10. The summed E-state index contributed by atoms with van der Waals surface area (Å²) in [5.74, 6) is -0.865. The Morgan fingerprint density at radius 3 is 2.67 bits per heavy atom. The van der Waals surface area contributed by atoms with E-state index in [1.165, 1.54) is 41.7 Å². The van der Waals surface area contributed by atoms with E-state index >= 15 is 0 Å². The number of para-hydroxylation sites is 1. The Balaban J connectivity index is 1.12. The third kappa shape index (κ3) is 6.22. The monoisotopic (exact) mass is 624 g/mol. The van der Waals surface area contributed by atoms with Gasteiger partial charge in [-0.15, -0.1) is 0 Å². The van der Waals surface area contributed by atoms with E-state index < -0.39 is 43.3 Å². The van der Waals surface area contributed by atoms with Gasteiger partial charge in [0.15, 0.2) is 0 Å². The van der Waals surface area contributed by atoms with Gasteiger partial charge in [-0.3, -0.25) is 4.98 Å². The minimum atomic E-state index is -4.08. The summed E-state index contributed by atoms with van der Waals surface area (Å²) in [6.45, 7) is 0.910. The average molecular weight is 625 g/mol. The second-order valence-electron chi connectivity index (χ2n) is 10.5. The van der Waals surface area contributed by atoms with Gasteiger partial charge in [0.05, 0.1) is 23.3 Å². The van der Waals surface area contributed by atoms with Crippen molar-refractivity contribution in [1.29, 1.82) is 0 Å². The molecule has 42 heavy (non-hydrogen) atoms. The minimum absolute atomic E-state index is 0.0282. The fraction of sp³-hybridized carbons (Fsp3) is 0.444. The van der Waals surface area contributed by atoms with E-state index in [1.54, 1.807) is 12.1 Å². The number of pyridine rings is 1. The van der Waals surface area contributed by atoms with E-state index in [4.69, 9.17) is 9.47 Å². The summed E-state index contributed by atoms with van der Waals surface area (Å²) in [7, 11) is -6.37. The number of rotatable bonds is 10. The fourth-order valence-electron chi connectivity index (χ4n) is 5.34. The molecule has 15 heteroatoms. The molecule has 0 radical (unpaired) electrons. The molecule has 2 saturated heterocycles. The highest BCUT2D eigenvalue weighted by Crippen LogP contribution is 2.39. The zero-order valence-corrected chi connectivity index (χ0v) is 24.5. The topological polar surface area (TPSA) is 167 Å². The Morgan fingerprint density at radius 1 is 1.19 bits per heavy atom. The number of halogens is 1. The molecular weight excluding hydrogens is 591 g/mol. The lowest BCUT2D eigenvalue weighted by atomic mass is 9.88. The second-order valence-corrected chi connectivity index (χ2v) is 14.3. The molecule has 1 aromatic heterocycles. The summed E-state index contributed by atoms with van der Waals surface area (Å²) in [6.07, 6.45) is 1.63. The summed E-state index contributed by atoms with van der Waals surface area (Å²) in [5.41, 5.74) is -0.618. The maximum atomic E-state index is 14.0. The maximum absolute atomic E-state index is 14.0. The van der Waals surface area contributed by atoms with Crippen molar-refractivity contribution in [2.24, 2.45) is 0 Å². The lowest BCUT2D eigenvalue weighted by molar-refractivity contribution is -0.0312. The highest BCUT2D eigenvalue weighted by atomic mass is 32.2. The Hall–Kier alpha value is -2.92. The molecule has 3 aromatic rings. The number of aromatic nitrogens is 1. The van der Waals surface area contributed by atoms with Crippen LogP contribution >= 0.6 is 0 Å². The van der Waals surface area contributed by atoms with Crippen LogP contribution in [0, 0.1) is 5.82 Å². The number of aromatic hydroxyl groups is 1. The Morgan fingerprint density at radius 2 is 1.93 bits per heavy atom. The quantitative estimate of drug-likeness (QED) is 0.258. The molecule has 4 N–H and O–H groups in total. The van der Waals surface area contributed by atoms with Crippen molar-refractivity contribution in [3.63, 3.8) is 0 Å². The van der Waals surface area contributed by atoms with E-state index in [0.29, 0.717) is 31.6 Å². The van der Waals surface area contributed by atoms with Crippen LogP contribution in [-0.2, 0) is 24.8 Å². The van der Waals surface area contributed by atoms with Gasteiger partial charge in [-0.05, 0) is 50.6 Å². The molecule has 0 saturated carbocycles. The zero-order chi connectivity index (χ0) is 30.1. The van der Waals surface area contributed by atoms with E-state index in [0.717, 1.165) is 6.20 Å². The first-order chi connectivity index (χ1) is 19.9. The molecule has 2 aliphatic rings. The summed E-state index contributed by atoms with van der Waals surface area (Å²) in [6, 6.07) is 9.91. The molecule has 2 aromatic carbocycles. The van der Waals surface area contributed by atoms with Crippen LogP contribution in [0.4, 0.5) is 4.39 Å². The number of aliphatic hydroxyl groups is 1. The van der Waals surface area contributed by atoms with Crippen molar-refractivity contribution in [3.8, 4) is 11.5 Å². The predicted octanol–water partition coefficient (Wildman–Crippen LogP) is 1.33. The molecule has 2 fully saturated rings. The van der Waals surface area contributed by atoms with E-state index in [9.17, 15) is 31.4 Å². The molecular formula is C27H33FN4O8S2. The van der Waals surface area contributed by atoms with Crippen LogP contribution in [0.2, 0.25) is 0 Å². The van der Waals surface area contributed by atoms with E-state index in [2.05, 4.69) is 15.0 Å². The third-order valence-electron chi connectivity index (χ3n) is 7.72. The summed E-state index contributed by atoms with van der Waals surface area (Å²) in [4.78, 5) is 3.63. The SMILES string of the molecule is CNS(=O)(=O)c1cccc(OCC(O)CNC2COC3(CCN(S(=O)(=O)c4cnc5c(F)cccc5c4O)CC3)C2)c1. The maximum Gasteiger partial charge on any atom is 0.248 e. The van der Waals surface area contributed by atoms with Crippen LogP contribution in [0.3, 0.4) is 0 Å². The largest absolute Gasteiger partial charge is 0.506 e. The van der Waals surface area contributed by atoms with Gasteiger partial charge in [0.25, 0.3) is 0 Å². The standard InChI is InChI=1S/C27H33FN4O8S2/c1-29-41(35,36)21-5-2-4-20(12-21)39-17-19(33)14-30-18-13-27(40-16-18)8-10-32(11-9-27)42(37,38)24-15-31-25-22(26(24)34)6-3-7-23(25)28/h2-7,12,15,18-19,29-30,33H,8-11,13-14,16-17H2,1H3,(H,31,34). The number of fused-ring (bicyclic) bond motifs is 1. The number of sulfonamides is 2. The van der Waals surface area contributed by atoms with Crippen molar-refractivity contribution in [3.05, 3.63) is 54.5 Å². The number of aliphatic hydroxyl groups excluding tert-OH is 1. The zero-order valence-electron chi connectivity index (χ0n) is 22.9. The first-order valence-electron chi connectivity index (χ1n) is 13.4. The minimum Gasteiger partial charge on any atom is -0.506 e. The number of ether oxygens (including phenoxy) is 2. The molecule has 2 aliphatic heterocycles. The summed E-state index contributed by atoms with van der Waals surface area (Å²) in [5, 5.41) is 24.3. The van der Waals surface area contributed by atoms with Gasteiger partial charge >= 0.3 is 0 Å². The lowest BCUT2D eigenvalue weighted by Gasteiger charge is -2.38. The van der Waals surface area contributed by atoms with Crippen molar-refractivity contribution in [2.75, 3.05) is 39.9 Å². The number of nitrogens with one attached hydrogen (secondary N) is 2. The number of piperidine rings is 1. The molecule has 0 amide bonds.